The first-order valence-corrected chi connectivity index (χ1v) is 5.50. The monoisotopic (exact) mass is 245 g/mol. The molecule has 1 N–H and O–H groups in total. The molecule has 2 rings (SSSR count). The van der Waals surface area contributed by atoms with Gasteiger partial charge in [0.15, 0.2) is 12.1 Å². The summed E-state index contributed by atoms with van der Waals surface area (Å²) in [6.45, 7) is 1.66. The number of nitrogens with zero attached hydrogens (tertiary/aromatic N) is 1. The molecule has 0 radical (unpaired) electrons. The molecule has 0 bridgehead atoms. The van der Waals surface area contributed by atoms with Gasteiger partial charge >= 0.3 is 5.97 Å². The van der Waals surface area contributed by atoms with E-state index in [2.05, 4.69) is 0 Å². The molecule has 17 heavy (non-hydrogen) atoms. The third-order valence-corrected chi connectivity index (χ3v) is 2.79. The van der Waals surface area contributed by atoms with Crippen LogP contribution in [0.1, 0.15) is 0 Å². The Bertz CT molecular complexity index is 301. The molecule has 2 atom stereocenters. The van der Waals surface area contributed by atoms with Crippen LogP contribution in [0.25, 0.3) is 0 Å². The van der Waals surface area contributed by atoms with E-state index in [-0.39, 0.29) is 25.7 Å². The van der Waals surface area contributed by atoms with E-state index < -0.39 is 18.1 Å². The summed E-state index contributed by atoms with van der Waals surface area (Å²) in [5.74, 6) is -1.39. The van der Waals surface area contributed by atoms with Crippen molar-refractivity contribution in [3.8, 4) is 0 Å². The summed E-state index contributed by atoms with van der Waals surface area (Å²) in [4.78, 5) is 24.4. The number of carbonyl (C=O) groups excluding carboxylic acids is 1. The van der Waals surface area contributed by atoms with E-state index >= 15 is 0 Å². The first-order chi connectivity index (χ1) is 8.20. The summed E-state index contributed by atoms with van der Waals surface area (Å²) in [5, 5.41) is 9.01. The number of rotatable bonds is 2. The number of carbonyl (C=O) groups is 2. The zero-order chi connectivity index (χ0) is 12.3. The number of morpholine rings is 1. The van der Waals surface area contributed by atoms with Gasteiger partial charge in [0.05, 0.1) is 33.0 Å². The van der Waals surface area contributed by atoms with E-state index in [1.165, 1.54) is 4.90 Å². The van der Waals surface area contributed by atoms with Gasteiger partial charge < -0.3 is 24.2 Å². The van der Waals surface area contributed by atoms with Crippen molar-refractivity contribution in [2.75, 3.05) is 39.6 Å². The van der Waals surface area contributed by atoms with E-state index in [0.717, 1.165) is 0 Å². The Balaban J connectivity index is 2.02. The van der Waals surface area contributed by atoms with E-state index in [0.29, 0.717) is 19.8 Å². The van der Waals surface area contributed by atoms with E-state index in [9.17, 15) is 9.59 Å². The molecular weight excluding hydrogens is 230 g/mol. The molecule has 0 aromatic heterocycles. The molecule has 0 aliphatic carbocycles. The van der Waals surface area contributed by atoms with Crippen LogP contribution in [0.15, 0.2) is 0 Å². The normalized spacial score (nSPS) is 30.0. The number of aliphatic carboxylic acids is 1. The lowest BCUT2D eigenvalue weighted by Crippen LogP contribution is -2.57. The van der Waals surface area contributed by atoms with Gasteiger partial charge in [0, 0.05) is 6.54 Å². The number of hydrogen-bond donors (Lipinski definition) is 1. The molecule has 2 fully saturated rings. The molecule has 0 aromatic rings. The second-order valence-electron chi connectivity index (χ2n) is 3.89. The number of carboxylic acid groups (broad SMARTS) is 1. The van der Waals surface area contributed by atoms with Crippen LogP contribution in [0.4, 0.5) is 0 Å². The average Bonchev–Trinajstić information content (AvgIpc) is 2.39. The van der Waals surface area contributed by atoms with Crippen molar-refractivity contribution in [2.24, 2.45) is 0 Å². The van der Waals surface area contributed by atoms with Crippen LogP contribution in [0.5, 0.6) is 0 Å². The Hall–Kier alpha value is -1.18. The number of amides is 1. The highest BCUT2D eigenvalue weighted by molar-refractivity contribution is 5.86. The van der Waals surface area contributed by atoms with Crippen molar-refractivity contribution in [1.29, 1.82) is 0 Å². The van der Waals surface area contributed by atoms with Crippen molar-refractivity contribution in [1.82, 2.24) is 4.90 Å². The standard InChI is InChI=1S/C10H15NO6/c12-9(8-6-16-3-4-17-8)11-1-2-15-5-7(11)10(13)14/h7-8H,1-6H2,(H,13,14)/t7-,8-/m1/s1. The topological polar surface area (TPSA) is 85.3 Å². The SMILES string of the molecule is O=C(O)[C@H]1COCCN1C(=O)[C@H]1COCCO1. The fraction of sp³-hybridized carbons (Fsp3) is 0.800. The van der Waals surface area contributed by atoms with Gasteiger partial charge in [-0.15, -0.1) is 0 Å². The van der Waals surface area contributed by atoms with Gasteiger partial charge in [-0.3, -0.25) is 4.79 Å². The minimum atomic E-state index is -1.06. The summed E-state index contributed by atoms with van der Waals surface area (Å²) in [7, 11) is 0. The molecule has 1 amide bonds. The number of hydrogen-bond acceptors (Lipinski definition) is 5. The molecule has 2 aliphatic heterocycles. The first-order valence-electron chi connectivity index (χ1n) is 5.50. The van der Waals surface area contributed by atoms with Gasteiger partial charge in [-0.2, -0.15) is 0 Å². The van der Waals surface area contributed by atoms with Crippen LogP contribution >= 0.6 is 0 Å². The van der Waals surface area contributed by atoms with Crippen LogP contribution < -0.4 is 0 Å². The van der Waals surface area contributed by atoms with E-state index in [1.54, 1.807) is 0 Å². The third kappa shape index (κ3) is 2.74. The highest BCUT2D eigenvalue weighted by atomic mass is 16.6. The fourth-order valence-electron chi connectivity index (χ4n) is 1.89. The maximum absolute atomic E-state index is 12.1. The predicted molar refractivity (Wildman–Crippen MR) is 54.5 cm³/mol. The van der Waals surface area contributed by atoms with Gasteiger partial charge in [0.25, 0.3) is 5.91 Å². The Morgan fingerprint density at radius 3 is 2.53 bits per heavy atom. The zero-order valence-corrected chi connectivity index (χ0v) is 9.33. The van der Waals surface area contributed by atoms with Crippen LogP contribution in [0.3, 0.4) is 0 Å². The van der Waals surface area contributed by atoms with Crippen molar-refractivity contribution < 1.29 is 28.9 Å². The van der Waals surface area contributed by atoms with Gasteiger partial charge in [-0.1, -0.05) is 0 Å². The van der Waals surface area contributed by atoms with E-state index in [1.807, 2.05) is 0 Å². The van der Waals surface area contributed by atoms with Gasteiger partial charge in [0.1, 0.15) is 0 Å². The quantitative estimate of drug-likeness (QED) is 0.652. The summed E-state index contributed by atoms with van der Waals surface area (Å²) in [6.07, 6.45) is -0.691. The van der Waals surface area contributed by atoms with Crippen LogP contribution in [0.2, 0.25) is 0 Å². The lowest BCUT2D eigenvalue weighted by molar-refractivity contribution is -0.172. The summed E-state index contributed by atoms with van der Waals surface area (Å²) >= 11 is 0. The van der Waals surface area contributed by atoms with Gasteiger partial charge in [-0.25, -0.2) is 4.79 Å². The minimum Gasteiger partial charge on any atom is -0.480 e. The smallest absolute Gasteiger partial charge is 0.328 e. The molecule has 0 saturated carbocycles. The zero-order valence-electron chi connectivity index (χ0n) is 9.33. The fourth-order valence-corrected chi connectivity index (χ4v) is 1.89. The van der Waals surface area contributed by atoms with Crippen molar-refractivity contribution in [3.05, 3.63) is 0 Å². The third-order valence-electron chi connectivity index (χ3n) is 2.79. The first kappa shape index (κ1) is 12.3. The molecule has 96 valence electrons. The van der Waals surface area contributed by atoms with Crippen LogP contribution in [-0.2, 0) is 23.8 Å². The lowest BCUT2D eigenvalue weighted by Gasteiger charge is -2.35. The molecular formula is C10H15NO6. The Morgan fingerprint density at radius 2 is 1.88 bits per heavy atom. The highest BCUT2D eigenvalue weighted by Crippen LogP contribution is 2.12. The van der Waals surface area contributed by atoms with Crippen molar-refractivity contribution >= 4 is 11.9 Å². The summed E-state index contributed by atoms with van der Waals surface area (Å²) in [5.41, 5.74) is 0. The van der Waals surface area contributed by atoms with Crippen molar-refractivity contribution in [3.63, 3.8) is 0 Å². The van der Waals surface area contributed by atoms with Gasteiger partial charge in [-0.05, 0) is 0 Å². The highest BCUT2D eigenvalue weighted by Gasteiger charge is 2.37. The summed E-state index contributed by atoms with van der Waals surface area (Å²) in [6, 6.07) is -0.929. The summed E-state index contributed by atoms with van der Waals surface area (Å²) < 4.78 is 15.5. The second kappa shape index (κ2) is 5.44. The molecule has 7 heteroatoms. The molecule has 7 nitrogen and oxygen atoms in total. The average molecular weight is 245 g/mol. The number of ether oxygens (including phenoxy) is 3. The van der Waals surface area contributed by atoms with Gasteiger partial charge in [0.2, 0.25) is 0 Å². The second-order valence-corrected chi connectivity index (χ2v) is 3.89. The Kier molecular flexibility index (Phi) is 3.93. The largest absolute Gasteiger partial charge is 0.480 e. The Labute approximate surface area is 98.2 Å². The lowest BCUT2D eigenvalue weighted by atomic mass is 10.2. The predicted octanol–water partition coefficient (Wildman–Crippen LogP) is -1.29. The van der Waals surface area contributed by atoms with Crippen LogP contribution in [-0.4, -0.2) is 73.6 Å². The molecule has 2 aliphatic rings. The molecule has 0 aromatic carbocycles. The molecule has 2 heterocycles. The van der Waals surface area contributed by atoms with Crippen LogP contribution in [0, 0.1) is 0 Å². The maximum atomic E-state index is 12.1. The van der Waals surface area contributed by atoms with Crippen molar-refractivity contribution in [2.45, 2.75) is 12.1 Å². The molecule has 0 unspecified atom stereocenters. The maximum Gasteiger partial charge on any atom is 0.328 e. The number of carboxylic acids is 1. The molecule has 0 spiro atoms. The minimum absolute atomic E-state index is 0.0225. The van der Waals surface area contributed by atoms with E-state index in [4.69, 9.17) is 19.3 Å². The molecule has 2 saturated heterocycles. The Morgan fingerprint density at radius 1 is 1.12 bits per heavy atom.